The number of hydrogen-bond acceptors (Lipinski definition) is 4. The average molecular weight is 316 g/mol. The Morgan fingerprint density at radius 3 is 2.68 bits per heavy atom. The summed E-state index contributed by atoms with van der Waals surface area (Å²) in [6.07, 6.45) is 3.93. The minimum atomic E-state index is 0.531. The molecule has 1 aliphatic heterocycles. The van der Waals surface area contributed by atoms with Crippen LogP contribution in [0.4, 0.5) is 5.82 Å². The third-order valence-electron chi connectivity index (χ3n) is 4.10. The van der Waals surface area contributed by atoms with Crippen molar-refractivity contribution in [3.63, 3.8) is 0 Å². The molecule has 2 aromatic heterocycles. The molecule has 114 valence electrons. The number of rotatable bonds is 3. The maximum atomic E-state index is 9.40. The summed E-state index contributed by atoms with van der Waals surface area (Å²) in [5, 5.41) is 14.3. The molecule has 5 nitrogen and oxygen atoms in total. The molecule has 0 spiro atoms. The zero-order valence-electron chi connectivity index (χ0n) is 13.0. The Labute approximate surface area is 135 Å². The molecule has 0 N–H and O–H groups in total. The standard InChI is InChI=1S/C16H18ClN5/c1-10-5-19-22(6-10)9-13-7-21(8-13)16-14(4-18)11(2)15(17)12(3)20-16/h5-6,13H,7-9H2,1-3H3. The van der Waals surface area contributed by atoms with Crippen LogP contribution in [-0.4, -0.2) is 27.9 Å². The van der Waals surface area contributed by atoms with Crippen LogP contribution in [0.5, 0.6) is 0 Å². The lowest BCUT2D eigenvalue weighted by atomic mass is 9.98. The van der Waals surface area contributed by atoms with Gasteiger partial charge in [-0.1, -0.05) is 11.6 Å². The van der Waals surface area contributed by atoms with E-state index in [0.717, 1.165) is 36.7 Å². The molecule has 0 aliphatic carbocycles. The van der Waals surface area contributed by atoms with Crippen LogP contribution in [0.15, 0.2) is 12.4 Å². The fraction of sp³-hybridized carbons (Fsp3) is 0.438. The van der Waals surface area contributed by atoms with Gasteiger partial charge in [0.05, 0.1) is 22.5 Å². The Balaban J connectivity index is 1.74. The molecule has 1 fully saturated rings. The highest BCUT2D eigenvalue weighted by molar-refractivity contribution is 6.32. The van der Waals surface area contributed by atoms with Crippen molar-refractivity contribution >= 4 is 17.4 Å². The quantitative estimate of drug-likeness (QED) is 0.874. The van der Waals surface area contributed by atoms with E-state index in [1.807, 2.05) is 31.6 Å². The Kier molecular flexibility index (Phi) is 3.79. The highest BCUT2D eigenvalue weighted by Gasteiger charge is 2.31. The molecule has 0 unspecified atom stereocenters. The molecule has 22 heavy (non-hydrogen) atoms. The molecule has 0 radical (unpaired) electrons. The fourth-order valence-electron chi connectivity index (χ4n) is 2.86. The molecule has 2 aromatic rings. The van der Waals surface area contributed by atoms with Crippen LogP contribution >= 0.6 is 11.6 Å². The Morgan fingerprint density at radius 1 is 1.36 bits per heavy atom. The Bertz CT molecular complexity index is 753. The largest absolute Gasteiger partial charge is 0.355 e. The summed E-state index contributed by atoms with van der Waals surface area (Å²) in [7, 11) is 0. The van der Waals surface area contributed by atoms with E-state index >= 15 is 0 Å². The van der Waals surface area contributed by atoms with Gasteiger partial charge in [-0.3, -0.25) is 4.68 Å². The minimum Gasteiger partial charge on any atom is -0.355 e. The number of anilines is 1. The maximum Gasteiger partial charge on any atom is 0.147 e. The van der Waals surface area contributed by atoms with Gasteiger partial charge in [0, 0.05) is 31.7 Å². The van der Waals surface area contributed by atoms with Crippen LogP contribution in [0.1, 0.15) is 22.4 Å². The number of nitrogens with zero attached hydrogens (tertiary/aromatic N) is 5. The van der Waals surface area contributed by atoms with E-state index in [4.69, 9.17) is 11.6 Å². The van der Waals surface area contributed by atoms with Gasteiger partial charge in [0.2, 0.25) is 0 Å². The van der Waals surface area contributed by atoms with E-state index in [1.54, 1.807) is 0 Å². The van der Waals surface area contributed by atoms with Gasteiger partial charge in [0.15, 0.2) is 0 Å². The van der Waals surface area contributed by atoms with Gasteiger partial charge in [-0.2, -0.15) is 10.4 Å². The van der Waals surface area contributed by atoms with Crippen LogP contribution in [0.3, 0.4) is 0 Å². The summed E-state index contributed by atoms with van der Waals surface area (Å²) in [5.74, 6) is 1.29. The summed E-state index contributed by atoms with van der Waals surface area (Å²) in [6.45, 7) is 8.48. The first kappa shape index (κ1) is 14.9. The van der Waals surface area contributed by atoms with Crippen molar-refractivity contribution in [1.82, 2.24) is 14.8 Å². The molecular formula is C16H18ClN5. The third kappa shape index (κ3) is 2.55. The lowest BCUT2D eigenvalue weighted by molar-refractivity contribution is 0.340. The Hall–Kier alpha value is -2.06. The predicted molar refractivity (Wildman–Crippen MR) is 86.1 cm³/mol. The minimum absolute atomic E-state index is 0.531. The SMILES string of the molecule is Cc1cnn(CC2CN(c3nc(C)c(Cl)c(C)c3C#N)C2)c1. The highest BCUT2D eigenvalue weighted by Crippen LogP contribution is 2.32. The van der Waals surface area contributed by atoms with Gasteiger partial charge in [0.25, 0.3) is 0 Å². The van der Waals surface area contributed by atoms with Crippen LogP contribution in [0, 0.1) is 38.0 Å². The lowest BCUT2D eigenvalue weighted by Gasteiger charge is -2.40. The first-order chi connectivity index (χ1) is 10.5. The van der Waals surface area contributed by atoms with Gasteiger partial charge >= 0.3 is 0 Å². The predicted octanol–water partition coefficient (Wildman–Crippen LogP) is 2.86. The van der Waals surface area contributed by atoms with Crippen molar-refractivity contribution in [2.24, 2.45) is 5.92 Å². The van der Waals surface area contributed by atoms with Gasteiger partial charge in [-0.15, -0.1) is 0 Å². The number of aromatic nitrogens is 3. The fourth-order valence-corrected chi connectivity index (χ4v) is 3.00. The van der Waals surface area contributed by atoms with Crippen molar-refractivity contribution in [3.05, 3.63) is 39.8 Å². The van der Waals surface area contributed by atoms with Gasteiger partial charge in [-0.05, 0) is 31.9 Å². The number of halogens is 1. The molecular weight excluding hydrogens is 298 g/mol. The third-order valence-corrected chi connectivity index (χ3v) is 4.65. The second-order valence-electron chi connectivity index (χ2n) is 5.96. The van der Waals surface area contributed by atoms with Crippen LogP contribution in [0.2, 0.25) is 5.02 Å². The van der Waals surface area contributed by atoms with E-state index in [0.29, 0.717) is 16.5 Å². The Morgan fingerprint density at radius 2 is 2.09 bits per heavy atom. The molecule has 0 bridgehead atoms. The van der Waals surface area contributed by atoms with Crippen molar-refractivity contribution in [2.45, 2.75) is 27.3 Å². The van der Waals surface area contributed by atoms with E-state index in [2.05, 4.69) is 27.2 Å². The molecule has 0 atom stereocenters. The topological polar surface area (TPSA) is 57.7 Å². The highest BCUT2D eigenvalue weighted by atomic mass is 35.5. The van der Waals surface area contributed by atoms with Crippen molar-refractivity contribution in [3.8, 4) is 6.07 Å². The first-order valence-electron chi connectivity index (χ1n) is 7.30. The molecule has 6 heteroatoms. The molecule has 1 saturated heterocycles. The molecule has 3 heterocycles. The van der Waals surface area contributed by atoms with Gasteiger partial charge in [0.1, 0.15) is 11.9 Å². The second-order valence-corrected chi connectivity index (χ2v) is 6.34. The lowest BCUT2D eigenvalue weighted by Crippen LogP contribution is -2.49. The number of hydrogen-bond donors (Lipinski definition) is 0. The van der Waals surface area contributed by atoms with E-state index in [9.17, 15) is 5.26 Å². The number of aryl methyl sites for hydroxylation is 2. The van der Waals surface area contributed by atoms with Gasteiger partial charge < -0.3 is 4.90 Å². The maximum absolute atomic E-state index is 9.40. The number of pyridine rings is 1. The van der Waals surface area contributed by atoms with Crippen LogP contribution in [0.25, 0.3) is 0 Å². The average Bonchev–Trinajstić information content (AvgIpc) is 2.85. The van der Waals surface area contributed by atoms with Crippen LogP contribution < -0.4 is 4.90 Å². The summed E-state index contributed by atoms with van der Waals surface area (Å²) in [5.41, 5.74) is 3.36. The molecule has 0 amide bonds. The summed E-state index contributed by atoms with van der Waals surface area (Å²) < 4.78 is 1.98. The van der Waals surface area contributed by atoms with Crippen LogP contribution in [-0.2, 0) is 6.54 Å². The van der Waals surface area contributed by atoms with Gasteiger partial charge in [-0.25, -0.2) is 4.98 Å². The van der Waals surface area contributed by atoms with E-state index in [1.165, 1.54) is 5.56 Å². The molecule has 0 saturated carbocycles. The van der Waals surface area contributed by atoms with Crippen molar-refractivity contribution in [2.75, 3.05) is 18.0 Å². The molecule has 1 aliphatic rings. The summed E-state index contributed by atoms with van der Waals surface area (Å²) in [6, 6.07) is 2.24. The summed E-state index contributed by atoms with van der Waals surface area (Å²) >= 11 is 6.19. The van der Waals surface area contributed by atoms with Crippen molar-refractivity contribution in [1.29, 1.82) is 5.26 Å². The zero-order valence-corrected chi connectivity index (χ0v) is 13.7. The van der Waals surface area contributed by atoms with E-state index in [-0.39, 0.29) is 0 Å². The first-order valence-corrected chi connectivity index (χ1v) is 7.68. The van der Waals surface area contributed by atoms with E-state index < -0.39 is 0 Å². The number of nitriles is 1. The zero-order chi connectivity index (χ0) is 15.9. The second kappa shape index (κ2) is 5.62. The van der Waals surface area contributed by atoms with Crippen molar-refractivity contribution < 1.29 is 0 Å². The monoisotopic (exact) mass is 315 g/mol. The normalized spacial score (nSPS) is 14.8. The molecule has 3 rings (SSSR count). The summed E-state index contributed by atoms with van der Waals surface area (Å²) in [4.78, 5) is 6.67. The smallest absolute Gasteiger partial charge is 0.147 e. The molecule has 0 aromatic carbocycles.